The van der Waals surface area contributed by atoms with Crippen molar-refractivity contribution in [3.63, 3.8) is 0 Å². The van der Waals surface area contributed by atoms with Crippen LogP contribution in [0.1, 0.15) is 12.0 Å². The second kappa shape index (κ2) is 4.90. The molecule has 1 aromatic heterocycles. The maximum absolute atomic E-state index is 12.3. The van der Waals surface area contributed by atoms with Gasteiger partial charge in [-0.15, -0.1) is 0 Å². The van der Waals surface area contributed by atoms with Crippen LogP contribution in [-0.2, 0) is 10.9 Å². The van der Waals surface area contributed by atoms with E-state index in [1.54, 1.807) is 4.90 Å². The number of carbonyl (C=O) groups is 1. The number of alkyl halides is 3. The van der Waals surface area contributed by atoms with E-state index >= 15 is 0 Å². The fourth-order valence-electron chi connectivity index (χ4n) is 1.80. The van der Waals surface area contributed by atoms with Crippen LogP contribution in [0, 0.1) is 0 Å². The first-order valence-electron chi connectivity index (χ1n) is 5.46. The zero-order chi connectivity index (χ0) is 14.0. The summed E-state index contributed by atoms with van der Waals surface area (Å²) in [6.45, 7) is 0.803. The van der Waals surface area contributed by atoms with Gasteiger partial charge in [-0.2, -0.15) is 13.2 Å². The van der Waals surface area contributed by atoms with Gasteiger partial charge >= 0.3 is 12.3 Å². The first kappa shape index (κ1) is 13.4. The van der Waals surface area contributed by atoms with E-state index in [0.717, 1.165) is 12.4 Å². The fourth-order valence-corrected chi connectivity index (χ4v) is 1.80. The molecule has 9 heteroatoms. The first-order chi connectivity index (χ1) is 8.86. The Kier molecular flexibility index (Phi) is 3.45. The molecule has 1 aromatic rings. The Labute approximate surface area is 106 Å². The van der Waals surface area contributed by atoms with Crippen molar-refractivity contribution in [1.82, 2.24) is 9.97 Å². The van der Waals surface area contributed by atoms with E-state index in [2.05, 4.69) is 9.97 Å². The lowest BCUT2D eigenvalue weighted by Crippen LogP contribution is -2.28. The molecule has 19 heavy (non-hydrogen) atoms. The average Bonchev–Trinajstić information content (AvgIpc) is 2.75. The van der Waals surface area contributed by atoms with Gasteiger partial charge in [-0.1, -0.05) is 0 Å². The predicted octanol–water partition coefficient (Wildman–Crippen LogP) is 1.17. The number of aromatic nitrogens is 2. The molecule has 1 aliphatic rings. The second-order valence-electron chi connectivity index (χ2n) is 4.06. The van der Waals surface area contributed by atoms with Gasteiger partial charge in [0.1, 0.15) is 6.10 Å². The van der Waals surface area contributed by atoms with Crippen LogP contribution in [-0.4, -0.2) is 35.3 Å². The molecule has 0 aliphatic carbocycles. The van der Waals surface area contributed by atoms with Crippen LogP contribution in [0.15, 0.2) is 12.4 Å². The third-order valence-electron chi connectivity index (χ3n) is 2.68. The summed E-state index contributed by atoms with van der Waals surface area (Å²) in [6.07, 6.45) is -3.73. The van der Waals surface area contributed by atoms with Crippen LogP contribution < -0.4 is 10.6 Å². The predicted molar refractivity (Wildman–Crippen MR) is 58.3 cm³/mol. The Morgan fingerprint density at radius 1 is 1.42 bits per heavy atom. The molecule has 0 aromatic carbocycles. The van der Waals surface area contributed by atoms with E-state index in [1.807, 2.05) is 0 Å². The molecule has 0 spiro atoms. The smallest absolute Gasteiger partial charge is 0.419 e. The number of nitrogens with zero attached hydrogens (tertiary/aromatic N) is 3. The van der Waals surface area contributed by atoms with E-state index in [4.69, 9.17) is 10.5 Å². The highest BCUT2D eigenvalue weighted by Gasteiger charge is 2.32. The Balaban J connectivity index is 2.02. The molecule has 1 fully saturated rings. The number of rotatable bonds is 2. The monoisotopic (exact) mass is 276 g/mol. The molecular formula is C10H11F3N4O2. The molecule has 0 bridgehead atoms. The fraction of sp³-hybridized carbons (Fsp3) is 0.500. The van der Waals surface area contributed by atoms with Crippen molar-refractivity contribution in [2.45, 2.75) is 18.7 Å². The number of anilines is 1. The van der Waals surface area contributed by atoms with Crippen LogP contribution >= 0.6 is 0 Å². The lowest BCUT2D eigenvalue weighted by Gasteiger charge is -2.16. The summed E-state index contributed by atoms with van der Waals surface area (Å²) in [4.78, 5) is 19.5. The maximum Gasteiger partial charge on any atom is 0.419 e. The number of hydrogen-bond acceptors (Lipinski definition) is 5. The SMILES string of the molecule is NC(=O)O[C@H]1CCN(c2ncc(C(F)(F)F)cn2)C1. The molecule has 0 saturated carbocycles. The lowest BCUT2D eigenvalue weighted by molar-refractivity contribution is -0.138. The third kappa shape index (κ3) is 3.24. The Hall–Kier alpha value is -2.06. The highest BCUT2D eigenvalue weighted by molar-refractivity contribution is 5.65. The molecule has 1 aliphatic heterocycles. The number of carbonyl (C=O) groups excluding carboxylic acids is 1. The molecule has 2 N–H and O–H groups in total. The normalized spacial score (nSPS) is 19.5. The van der Waals surface area contributed by atoms with Crippen molar-refractivity contribution in [2.24, 2.45) is 5.73 Å². The molecule has 1 atom stereocenters. The van der Waals surface area contributed by atoms with Gasteiger partial charge in [0, 0.05) is 25.4 Å². The van der Waals surface area contributed by atoms with Crippen LogP contribution in [0.5, 0.6) is 0 Å². The summed E-state index contributed by atoms with van der Waals surface area (Å²) in [6, 6.07) is 0. The van der Waals surface area contributed by atoms with Crippen LogP contribution in [0.3, 0.4) is 0 Å². The summed E-state index contributed by atoms with van der Waals surface area (Å²) in [5.41, 5.74) is 3.99. The molecular weight excluding hydrogens is 265 g/mol. The van der Waals surface area contributed by atoms with E-state index in [1.165, 1.54) is 0 Å². The van der Waals surface area contributed by atoms with Gasteiger partial charge in [0.05, 0.1) is 12.1 Å². The summed E-state index contributed by atoms with van der Waals surface area (Å²) < 4.78 is 41.8. The number of amides is 1. The van der Waals surface area contributed by atoms with Gasteiger partial charge in [0.2, 0.25) is 5.95 Å². The van der Waals surface area contributed by atoms with Gasteiger partial charge in [-0.3, -0.25) is 0 Å². The minimum atomic E-state index is -4.46. The average molecular weight is 276 g/mol. The zero-order valence-corrected chi connectivity index (χ0v) is 9.72. The maximum atomic E-state index is 12.3. The molecule has 0 radical (unpaired) electrons. The first-order valence-corrected chi connectivity index (χ1v) is 5.46. The molecule has 6 nitrogen and oxygen atoms in total. The third-order valence-corrected chi connectivity index (χ3v) is 2.68. The zero-order valence-electron chi connectivity index (χ0n) is 9.72. The molecule has 1 amide bonds. The van der Waals surface area contributed by atoms with Crippen LogP contribution in [0.2, 0.25) is 0 Å². The standard InChI is InChI=1S/C10H11F3N4O2/c11-10(12,13)6-3-15-9(16-4-6)17-2-1-7(5-17)19-8(14)18/h3-4,7H,1-2,5H2,(H2,14,18)/t7-/m0/s1. The molecule has 2 heterocycles. The highest BCUT2D eigenvalue weighted by atomic mass is 19.4. The molecule has 2 rings (SSSR count). The topological polar surface area (TPSA) is 81.3 Å². The van der Waals surface area contributed by atoms with Crippen molar-refractivity contribution in [1.29, 1.82) is 0 Å². The van der Waals surface area contributed by atoms with Crippen molar-refractivity contribution in [3.05, 3.63) is 18.0 Å². The van der Waals surface area contributed by atoms with E-state index in [9.17, 15) is 18.0 Å². The highest BCUT2D eigenvalue weighted by Crippen LogP contribution is 2.28. The van der Waals surface area contributed by atoms with Crippen molar-refractivity contribution < 1.29 is 22.7 Å². The number of hydrogen-bond donors (Lipinski definition) is 1. The number of nitrogens with two attached hydrogens (primary N) is 1. The largest absolute Gasteiger partial charge is 0.444 e. The quantitative estimate of drug-likeness (QED) is 0.876. The Morgan fingerprint density at radius 2 is 2.05 bits per heavy atom. The van der Waals surface area contributed by atoms with Crippen LogP contribution in [0.25, 0.3) is 0 Å². The molecule has 1 saturated heterocycles. The number of ether oxygens (including phenoxy) is 1. The van der Waals surface area contributed by atoms with Crippen molar-refractivity contribution in [2.75, 3.05) is 18.0 Å². The van der Waals surface area contributed by atoms with Gasteiger partial charge in [0.25, 0.3) is 0 Å². The van der Waals surface area contributed by atoms with Gasteiger partial charge < -0.3 is 15.4 Å². The van der Waals surface area contributed by atoms with E-state index in [0.29, 0.717) is 19.5 Å². The van der Waals surface area contributed by atoms with Crippen molar-refractivity contribution in [3.8, 4) is 0 Å². The molecule has 0 unspecified atom stereocenters. The summed E-state index contributed by atoms with van der Waals surface area (Å²) in [7, 11) is 0. The minimum absolute atomic E-state index is 0.170. The van der Waals surface area contributed by atoms with E-state index < -0.39 is 17.8 Å². The summed E-state index contributed by atoms with van der Waals surface area (Å²) in [5, 5.41) is 0. The Bertz CT molecular complexity index is 463. The number of primary amides is 1. The van der Waals surface area contributed by atoms with Crippen molar-refractivity contribution >= 4 is 12.0 Å². The molecule has 104 valence electrons. The van der Waals surface area contributed by atoms with Gasteiger partial charge in [-0.25, -0.2) is 14.8 Å². The van der Waals surface area contributed by atoms with Gasteiger partial charge in [0.15, 0.2) is 0 Å². The lowest BCUT2D eigenvalue weighted by atomic mass is 10.3. The second-order valence-corrected chi connectivity index (χ2v) is 4.06. The van der Waals surface area contributed by atoms with Crippen LogP contribution in [0.4, 0.5) is 23.9 Å². The summed E-state index contributed by atoms with van der Waals surface area (Å²) >= 11 is 0. The summed E-state index contributed by atoms with van der Waals surface area (Å²) in [5.74, 6) is 0.170. The number of halogens is 3. The Morgan fingerprint density at radius 3 is 2.58 bits per heavy atom. The van der Waals surface area contributed by atoms with E-state index in [-0.39, 0.29) is 12.1 Å². The van der Waals surface area contributed by atoms with Gasteiger partial charge in [-0.05, 0) is 0 Å². The minimum Gasteiger partial charge on any atom is -0.444 e.